The molecule has 2 aromatic carbocycles. The van der Waals surface area contributed by atoms with Crippen molar-refractivity contribution in [1.82, 2.24) is 4.90 Å². The van der Waals surface area contributed by atoms with Gasteiger partial charge in [-0.2, -0.15) is 0 Å². The number of carbonyl (C=O) groups is 1. The molecule has 0 bridgehead atoms. The predicted octanol–water partition coefficient (Wildman–Crippen LogP) is 3.72. The van der Waals surface area contributed by atoms with Gasteiger partial charge >= 0.3 is 0 Å². The van der Waals surface area contributed by atoms with E-state index in [4.69, 9.17) is 21.1 Å². The summed E-state index contributed by atoms with van der Waals surface area (Å²) in [4.78, 5) is 24.7. The molecule has 0 aliphatic rings. The largest absolute Gasteiger partial charge is 0.497 e. The number of ether oxygens (including phenoxy) is 2. The molecule has 0 heterocycles. The molecule has 9 heteroatoms. The van der Waals surface area contributed by atoms with Crippen LogP contribution < -0.4 is 14.8 Å². The Morgan fingerprint density at radius 3 is 2.54 bits per heavy atom. The second kappa shape index (κ2) is 9.38. The lowest BCUT2D eigenvalue weighted by molar-refractivity contribution is -0.384. The van der Waals surface area contributed by atoms with Crippen LogP contribution in [0.25, 0.3) is 0 Å². The number of amides is 1. The Hall–Kier alpha value is -2.84. The number of carbonyl (C=O) groups excluding carboxylic acids is 1. The van der Waals surface area contributed by atoms with Crippen molar-refractivity contribution in [1.29, 1.82) is 0 Å². The van der Waals surface area contributed by atoms with E-state index in [9.17, 15) is 14.9 Å². The van der Waals surface area contributed by atoms with Gasteiger partial charge in [0.1, 0.15) is 11.5 Å². The van der Waals surface area contributed by atoms with E-state index in [0.29, 0.717) is 23.7 Å². The number of rotatable bonds is 8. The zero-order valence-corrected chi connectivity index (χ0v) is 16.8. The smallest absolute Gasteiger partial charge is 0.271 e. The number of nitro groups is 1. The van der Waals surface area contributed by atoms with Gasteiger partial charge in [-0.15, -0.1) is 0 Å². The third-order valence-electron chi connectivity index (χ3n) is 4.38. The summed E-state index contributed by atoms with van der Waals surface area (Å²) in [6.45, 7) is 2.22. The monoisotopic (exact) mass is 407 g/mol. The van der Waals surface area contributed by atoms with Gasteiger partial charge < -0.3 is 14.8 Å². The van der Waals surface area contributed by atoms with Crippen molar-refractivity contribution in [3.8, 4) is 11.5 Å². The lowest BCUT2D eigenvalue weighted by atomic mass is 10.1. The Morgan fingerprint density at radius 1 is 1.25 bits per heavy atom. The van der Waals surface area contributed by atoms with Gasteiger partial charge in [0.25, 0.3) is 5.69 Å². The maximum atomic E-state index is 12.6. The van der Waals surface area contributed by atoms with Crippen molar-refractivity contribution < 1.29 is 19.2 Å². The van der Waals surface area contributed by atoms with Crippen molar-refractivity contribution in [3.63, 3.8) is 0 Å². The van der Waals surface area contributed by atoms with E-state index in [-0.39, 0.29) is 16.6 Å². The molecular weight excluding hydrogens is 386 g/mol. The van der Waals surface area contributed by atoms with Crippen LogP contribution in [0.15, 0.2) is 36.4 Å². The molecule has 2 rings (SSSR count). The number of hydrogen-bond donors (Lipinski definition) is 1. The van der Waals surface area contributed by atoms with Gasteiger partial charge in [0, 0.05) is 30.3 Å². The molecule has 0 radical (unpaired) electrons. The topological polar surface area (TPSA) is 93.9 Å². The third kappa shape index (κ3) is 5.11. The summed E-state index contributed by atoms with van der Waals surface area (Å²) >= 11 is 6.04. The molecule has 1 unspecified atom stereocenters. The molecule has 1 atom stereocenters. The summed E-state index contributed by atoms with van der Waals surface area (Å²) in [6, 6.07) is 8.91. The van der Waals surface area contributed by atoms with Crippen LogP contribution >= 0.6 is 11.6 Å². The van der Waals surface area contributed by atoms with Crippen LogP contribution in [0, 0.1) is 10.1 Å². The fourth-order valence-electron chi connectivity index (χ4n) is 2.54. The van der Waals surface area contributed by atoms with E-state index in [2.05, 4.69) is 5.32 Å². The highest BCUT2D eigenvalue weighted by Crippen LogP contribution is 2.28. The van der Waals surface area contributed by atoms with Gasteiger partial charge in [-0.3, -0.25) is 19.8 Å². The van der Waals surface area contributed by atoms with E-state index in [1.165, 1.54) is 18.2 Å². The number of methoxy groups -OCH3 is 2. The number of anilines is 1. The highest BCUT2D eigenvalue weighted by molar-refractivity contribution is 6.34. The van der Waals surface area contributed by atoms with Crippen LogP contribution in [0.5, 0.6) is 11.5 Å². The van der Waals surface area contributed by atoms with Crippen molar-refractivity contribution >= 4 is 28.9 Å². The number of nitro benzene ring substituents is 1. The second-order valence-corrected chi connectivity index (χ2v) is 6.59. The lowest BCUT2D eigenvalue weighted by Crippen LogP contribution is -2.39. The Kier molecular flexibility index (Phi) is 7.19. The van der Waals surface area contributed by atoms with Crippen molar-refractivity contribution in [3.05, 3.63) is 57.1 Å². The van der Waals surface area contributed by atoms with Crippen LogP contribution in [-0.2, 0) is 11.3 Å². The number of non-ortho nitro benzene ring substituents is 1. The summed E-state index contributed by atoms with van der Waals surface area (Å²) in [5, 5.41) is 13.6. The predicted molar refractivity (Wildman–Crippen MR) is 107 cm³/mol. The quantitative estimate of drug-likeness (QED) is 0.529. The Balaban J connectivity index is 2.08. The van der Waals surface area contributed by atoms with Gasteiger partial charge in [-0.25, -0.2) is 0 Å². The Bertz CT molecular complexity index is 875. The summed E-state index contributed by atoms with van der Waals surface area (Å²) in [6.07, 6.45) is 0. The fraction of sp³-hybridized carbons (Fsp3) is 0.316. The molecule has 0 fully saturated rings. The minimum atomic E-state index is -0.546. The Morgan fingerprint density at radius 2 is 1.96 bits per heavy atom. The first-order chi connectivity index (χ1) is 13.3. The van der Waals surface area contributed by atoms with Gasteiger partial charge in [0.05, 0.1) is 35.9 Å². The first-order valence-corrected chi connectivity index (χ1v) is 8.80. The van der Waals surface area contributed by atoms with Crippen LogP contribution in [0.1, 0.15) is 12.5 Å². The van der Waals surface area contributed by atoms with Crippen molar-refractivity contribution in [2.24, 2.45) is 0 Å². The number of hydrogen-bond acceptors (Lipinski definition) is 6. The Labute approximate surface area is 168 Å². The molecule has 8 nitrogen and oxygen atoms in total. The standard InChI is InChI=1S/C19H22ClN3O5/c1-12(19(24)21-17-8-6-14(23(25)26)9-16(17)20)22(2)11-13-5-7-15(27-3)10-18(13)28-4/h5-10,12H,11H2,1-4H3,(H,21,24). The van der Waals surface area contributed by atoms with E-state index < -0.39 is 11.0 Å². The zero-order chi connectivity index (χ0) is 20.8. The van der Waals surface area contributed by atoms with Crippen LogP contribution in [0.4, 0.5) is 11.4 Å². The SMILES string of the molecule is COc1ccc(CN(C)C(C)C(=O)Nc2ccc([N+](=O)[O-])cc2Cl)c(OC)c1. The minimum absolute atomic E-state index is 0.106. The molecule has 28 heavy (non-hydrogen) atoms. The number of nitrogens with one attached hydrogen (secondary N) is 1. The van der Waals surface area contributed by atoms with Gasteiger partial charge in [0.2, 0.25) is 5.91 Å². The fourth-order valence-corrected chi connectivity index (χ4v) is 2.77. The lowest BCUT2D eigenvalue weighted by Gasteiger charge is -2.25. The first kappa shape index (κ1) is 21.5. The summed E-state index contributed by atoms with van der Waals surface area (Å²) < 4.78 is 10.6. The normalized spacial score (nSPS) is 11.8. The van der Waals surface area contributed by atoms with E-state index >= 15 is 0 Å². The van der Waals surface area contributed by atoms with Crippen LogP contribution in [-0.4, -0.2) is 43.0 Å². The molecule has 0 spiro atoms. The highest BCUT2D eigenvalue weighted by atomic mass is 35.5. The summed E-state index contributed by atoms with van der Waals surface area (Å²) in [5.41, 5.74) is 1.08. The number of halogens is 1. The molecular formula is C19H22ClN3O5. The number of likely N-dealkylation sites (N-methyl/N-ethyl adjacent to an activating group) is 1. The molecule has 150 valence electrons. The molecule has 0 saturated heterocycles. The van der Waals surface area contributed by atoms with Crippen molar-refractivity contribution in [2.45, 2.75) is 19.5 Å². The maximum absolute atomic E-state index is 12.6. The van der Waals surface area contributed by atoms with E-state index in [1.807, 2.05) is 24.1 Å². The molecule has 0 aliphatic heterocycles. The van der Waals surface area contributed by atoms with Gasteiger partial charge in [0.15, 0.2) is 0 Å². The molecule has 1 N–H and O–H groups in total. The summed E-state index contributed by atoms with van der Waals surface area (Å²) in [5.74, 6) is 1.06. The zero-order valence-electron chi connectivity index (χ0n) is 16.1. The van der Waals surface area contributed by atoms with Crippen molar-refractivity contribution in [2.75, 3.05) is 26.6 Å². The molecule has 0 aliphatic carbocycles. The summed E-state index contributed by atoms with van der Waals surface area (Å²) in [7, 11) is 4.96. The first-order valence-electron chi connectivity index (χ1n) is 8.42. The van der Waals surface area contributed by atoms with Crippen LogP contribution in [0.2, 0.25) is 5.02 Å². The molecule has 1 amide bonds. The number of nitrogens with zero attached hydrogens (tertiary/aromatic N) is 2. The maximum Gasteiger partial charge on any atom is 0.271 e. The molecule has 0 saturated carbocycles. The third-order valence-corrected chi connectivity index (χ3v) is 4.69. The van der Waals surface area contributed by atoms with Crippen LogP contribution in [0.3, 0.4) is 0 Å². The van der Waals surface area contributed by atoms with E-state index in [0.717, 1.165) is 5.56 Å². The van der Waals surface area contributed by atoms with E-state index in [1.54, 1.807) is 27.2 Å². The average molecular weight is 408 g/mol. The molecule has 2 aromatic rings. The minimum Gasteiger partial charge on any atom is -0.497 e. The second-order valence-electron chi connectivity index (χ2n) is 6.18. The molecule has 0 aromatic heterocycles. The number of benzene rings is 2. The average Bonchev–Trinajstić information content (AvgIpc) is 2.68. The highest BCUT2D eigenvalue weighted by Gasteiger charge is 2.21. The van der Waals surface area contributed by atoms with Gasteiger partial charge in [-0.05, 0) is 26.1 Å². The van der Waals surface area contributed by atoms with Gasteiger partial charge in [-0.1, -0.05) is 17.7 Å².